The molecule has 0 aliphatic heterocycles. The Bertz CT molecular complexity index is 362. The van der Waals surface area contributed by atoms with E-state index in [9.17, 15) is 0 Å². The Morgan fingerprint density at radius 2 is 2.45 bits per heavy atom. The molecule has 0 saturated heterocycles. The highest BCUT2D eigenvalue weighted by molar-refractivity contribution is 5.78. The first-order valence-corrected chi connectivity index (χ1v) is 3.33. The Morgan fingerprint density at radius 1 is 1.55 bits per heavy atom. The number of methoxy groups -OCH3 is 1. The first kappa shape index (κ1) is 6.28. The van der Waals surface area contributed by atoms with E-state index in [0.29, 0.717) is 0 Å². The summed E-state index contributed by atoms with van der Waals surface area (Å²) in [6, 6.07) is 8.49. The topological polar surface area (TPSA) is 22.4 Å². The van der Waals surface area contributed by atoms with Gasteiger partial charge in [-0.25, -0.2) is 0 Å². The van der Waals surface area contributed by atoms with Crippen LogP contribution < -0.4 is 4.74 Å². The van der Waals surface area contributed by atoms with E-state index in [4.69, 9.17) is 9.15 Å². The molecule has 1 aromatic heterocycles. The molecular weight excluding hydrogens is 140 g/mol. The summed E-state index contributed by atoms with van der Waals surface area (Å²) in [6.07, 6.45) is 1.65. The molecule has 11 heavy (non-hydrogen) atoms. The molecule has 2 nitrogen and oxygen atoms in total. The lowest BCUT2D eigenvalue weighted by Crippen LogP contribution is -1.80. The Hall–Kier alpha value is -1.44. The van der Waals surface area contributed by atoms with Gasteiger partial charge in [0.15, 0.2) is 0 Å². The fraction of sp³-hybridized carbons (Fsp3) is 0.111. The fourth-order valence-electron chi connectivity index (χ4n) is 1.00. The van der Waals surface area contributed by atoms with Gasteiger partial charge in [-0.05, 0) is 18.2 Å². The molecule has 55 valence electrons. The SMILES string of the molecule is COc1[c]cc2occc2c1. The summed E-state index contributed by atoms with van der Waals surface area (Å²) in [5, 5.41) is 1.04. The van der Waals surface area contributed by atoms with Crippen molar-refractivity contribution in [3.63, 3.8) is 0 Å². The number of benzene rings is 1. The minimum atomic E-state index is 0.735. The van der Waals surface area contributed by atoms with Crippen LogP contribution in [0.5, 0.6) is 5.75 Å². The normalized spacial score (nSPS) is 10.3. The predicted octanol–water partition coefficient (Wildman–Crippen LogP) is 2.24. The van der Waals surface area contributed by atoms with Crippen LogP contribution in [0.25, 0.3) is 11.0 Å². The van der Waals surface area contributed by atoms with Gasteiger partial charge in [0.05, 0.1) is 13.4 Å². The summed E-state index contributed by atoms with van der Waals surface area (Å²) in [7, 11) is 1.62. The van der Waals surface area contributed by atoms with Gasteiger partial charge in [-0.1, -0.05) is 0 Å². The zero-order chi connectivity index (χ0) is 7.68. The molecule has 0 N–H and O–H groups in total. The largest absolute Gasteiger partial charge is 0.496 e. The molecule has 2 heteroatoms. The van der Waals surface area contributed by atoms with Crippen molar-refractivity contribution in [2.24, 2.45) is 0 Å². The number of hydrogen-bond donors (Lipinski definition) is 0. The molecule has 0 fully saturated rings. The van der Waals surface area contributed by atoms with Crippen molar-refractivity contribution in [2.75, 3.05) is 7.11 Å². The molecule has 0 spiro atoms. The third-order valence-corrected chi connectivity index (χ3v) is 1.58. The van der Waals surface area contributed by atoms with Crippen LogP contribution in [0.3, 0.4) is 0 Å². The third kappa shape index (κ3) is 0.963. The predicted molar refractivity (Wildman–Crippen MR) is 41.6 cm³/mol. The number of hydrogen-bond acceptors (Lipinski definition) is 2. The van der Waals surface area contributed by atoms with E-state index in [2.05, 4.69) is 6.07 Å². The molecule has 1 radical (unpaired) electrons. The van der Waals surface area contributed by atoms with Crippen molar-refractivity contribution >= 4 is 11.0 Å². The zero-order valence-corrected chi connectivity index (χ0v) is 6.13. The van der Waals surface area contributed by atoms with Crippen molar-refractivity contribution in [1.29, 1.82) is 0 Å². The fourth-order valence-corrected chi connectivity index (χ4v) is 1.00. The summed E-state index contributed by atoms with van der Waals surface area (Å²) < 4.78 is 10.1. The van der Waals surface area contributed by atoms with Crippen LogP contribution in [0.1, 0.15) is 0 Å². The van der Waals surface area contributed by atoms with Crippen molar-refractivity contribution < 1.29 is 9.15 Å². The van der Waals surface area contributed by atoms with E-state index in [-0.39, 0.29) is 0 Å². The molecule has 1 aromatic carbocycles. The van der Waals surface area contributed by atoms with Crippen LogP contribution >= 0.6 is 0 Å². The second-order valence-electron chi connectivity index (χ2n) is 2.24. The highest BCUT2D eigenvalue weighted by atomic mass is 16.5. The molecule has 1 heterocycles. The smallest absolute Gasteiger partial charge is 0.134 e. The number of furan rings is 1. The van der Waals surface area contributed by atoms with Crippen LogP contribution in [-0.4, -0.2) is 7.11 Å². The Balaban J connectivity index is 2.67. The van der Waals surface area contributed by atoms with E-state index < -0.39 is 0 Å². The molecule has 0 saturated carbocycles. The summed E-state index contributed by atoms with van der Waals surface area (Å²) in [5.41, 5.74) is 0.839. The van der Waals surface area contributed by atoms with Gasteiger partial charge in [0.25, 0.3) is 0 Å². The van der Waals surface area contributed by atoms with E-state index in [1.54, 1.807) is 19.4 Å². The highest BCUT2D eigenvalue weighted by Gasteiger charge is 1.97. The number of rotatable bonds is 1. The first-order valence-electron chi connectivity index (χ1n) is 3.33. The quantitative estimate of drug-likeness (QED) is 0.617. The van der Waals surface area contributed by atoms with Crippen LogP contribution in [0.4, 0.5) is 0 Å². The minimum Gasteiger partial charge on any atom is -0.496 e. The second-order valence-corrected chi connectivity index (χ2v) is 2.24. The van der Waals surface area contributed by atoms with Gasteiger partial charge in [0, 0.05) is 11.5 Å². The standard InChI is InChI=1S/C9H7O2/c1-10-8-2-3-9-7(6-8)4-5-11-9/h3-6H,1H3. The molecule has 0 bridgehead atoms. The second kappa shape index (κ2) is 2.31. The van der Waals surface area contributed by atoms with Crippen LogP contribution in [0, 0.1) is 6.07 Å². The maximum atomic E-state index is 5.13. The van der Waals surface area contributed by atoms with E-state index in [1.165, 1.54) is 0 Å². The van der Waals surface area contributed by atoms with Crippen LogP contribution in [-0.2, 0) is 0 Å². The maximum Gasteiger partial charge on any atom is 0.134 e. The van der Waals surface area contributed by atoms with Crippen molar-refractivity contribution in [2.45, 2.75) is 0 Å². The van der Waals surface area contributed by atoms with E-state index >= 15 is 0 Å². The first-order chi connectivity index (χ1) is 5.40. The summed E-state index contributed by atoms with van der Waals surface area (Å²) in [4.78, 5) is 0. The molecule has 0 unspecified atom stereocenters. The summed E-state index contributed by atoms with van der Waals surface area (Å²) in [5.74, 6) is 0.735. The van der Waals surface area contributed by atoms with E-state index in [0.717, 1.165) is 16.7 Å². The third-order valence-electron chi connectivity index (χ3n) is 1.58. The van der Waals surface area contributed by atoms with Crippen LogP contribution in [0.2, 0.25) is 0 Å². The van der Waals surface area contributed by atoms with Crippen molar-refractivity contribution in [1.82, 2.24) is 0 Å². The molecule has 0 aliphatic rings. The highest BCUT2D eigenvalue weighted by Crippen LogP contribution is 2.20. The summed E-state index contributed by atoms with van der Waals surface area (Å²) >= 11 is 0. The van der Waals surface area contributed by atoms with E-state index in [1.807, 2.05) is 12.1 Å². The van der Waals surface area contributed by atoms with Gasteiger partial charge < -0.3 is 9.15 Å². The summed E-state index contributed by atoms with van der Waals surface area (Å²) in [6.45, 7) is 0. The Kier molecular flexibility index (Phi) is 1.32. The minimum absolute atomic E-state index is 0.735. The lowest BCUT2D eigenvalue weighted by molar-refractivity contribution is 0.414. The number of ether oxygens (including phenoxy) is 1. The van der Waals surface area contributed by atoms with Gasteiger partial charge >= 0.3 is 0 Å². The van der Waals surface area contributed by atoms with Gasteiger partial charge in [-0.3, -0.25) is 0 Å². The maximum absolute atomic E-state index is 5.13. The van der Waals surface area contributed by atoms with Gasteiger partial charge in [-0.15, -0.1) is 0 Å². The van der Waals surface area contributed by atoms with Gasteiger partial charge in [0.2, 0.25) is 0 Å². The molecular formula is C9H7O2. The lowest BCUT2D eigenvalue weighted by atomic mass is 10.2. The molecule has 2 aromatic rings. The molecule has 0 amide bonds. The molecule has 0 atom stereocenters. The zero-order valence-electron chi connectivity index (χ0n) is 6.13. The van der Waals surface area contributed by atoms with Crippen molar-refractivity contribution in [3.05, 3.63) is 30.5 Å². The van der Waals surface area contributed by atoms with Crippen LogP contribution in [0.15, 0.2) is 28.9 Å². The Labute approximate surface area is 64.4 Å². The number of fused-ring (bicyclic) bond motifs is 1. The average Bonchev–Trinajstić information content (AvgIpc) is 2.50. The molecule has 0 aliphatic carbocycles. The monoisotopic (exact) mass is 147 g/mol. The lowest BCUT2D eigenvalue weighted by Gasteiger charge is -1.95. The van der Waals surface area contributed by atoms with Crippen molar-refractivity contribution in [3.8, 4) is 5.75 Å². The van der Waals surface area contributed by atoms with Gasteiger partial charge in [0.1, 0.15) is 11.3 Å². The average molecular weight is 147 g/mol. The van der Waals surface area contributed by atoms with Gasteiger partial charge in [-0.2, -0.15) is 0 Å². The molecule has 2 rings (SSSR count). The Morgan fingerprint density at radius 3 is 3.27 bits per heavy atom.